The van der Waals surface area contributed by atoms with E-state index in [4.69, 9.17) is 29.4 Å². The first kappa shape index (κ1) is 46.9. The van der Waals surface area contributed by atoms with Crippen molar-refractivity contribution in [3.8, 4) is 0 Å². The van der Waals surface area contributed by atoms with Crippen LogP contribution in [0.15, 0.2) is 24.3 Å². The monoisotopic (exact) mass is 830 g/mol. The Balaban J connectivity index is 1.40. The van der Waals surface area contributed by atoms with E-state index in [-0.39, 0.29) is 36.8 Å². The molecule has 0 spiro atoms. The predicted octanol–water partition coefficient (Wildman–Crippen LogP) is 4.16. The molecule has 0 bridgehead atoms. The lowest BCUT2D eigenvalue weighted by atomic mass is 9.73. The van der Waals surface area contributed by atoms with Gasteiger partial charge < -0.3 is 44.3 Å². The van der Waals surface area contributed by atoms with Crippen molar-refractivity contribution in [1.82, 2.24) is 20.0 Å². The topological polar surface area (TPSA) is 182 Å². The van der Waals surface area contributed by atoms with Gasteiger partial charge in [0.1, 0.15) is 23.9 Å². The summed E-state index contributed by atoms with van der Waals surface area (Å²) < 4.78 is 31.3. The summed E-state index contributed by atoms with van der Waals surface area (Å²) in [6.45, 7) is 16.8. The Morgan fingerprint density at radius 2 is 1.71 bits per heavy atom. The molecular formula is C44H71N5O10. The zero-order chi connectivity index (χ0) is 43.6. The molecule has 14 atom stereocenters. The van der Waals surface area contributed by atoms with Gasteiger partial charge >= 0.3 is 12.1 Å². The van der Waals surface area contributed by atoms with Crippen LogP contribution in [0.25, 0.3) is 0 Å². The van der Waals surface area contributed by atoms with Gasteiger partial charge in [-0.1, -0.05) is 39.8 Å². The summed E-state index contributed by atoms with van der Waals surface area (Å²) in [5.41, 5.74) is 5.25. The van der Waals surface area contributed by atoms with Crippen LogP contribution in [0.5, 0.6) is 0 Å². The maximum Gasteiger partial charge on any atom is 0.410 e. The number of rotatable bonds is 11. The number of hydrogen-bond donors (Lipinski definition) is 3. The molecule has 4 aliphatic rings. The van der Waals surface area contributed by atoms with Gasteiger partial charge in [0.2, 0.25) is 0 Å². The fourth-order valence-electron chi connectivity index (χ4n) is 10.1. The summed E-state index contributed by atoms with van der Waals surface area (Å²) in [6.07, 6.45) is -2.54. The zero-order valence-corrected chi connectivity index (χ0v) is 37.1. The van der Waals surface area contributed by atoms with Crippen molar-refractivity contribution in [2.75, 3.05) is 53.2 Å². The summed E-state index contributed by atoms with van der Waals surface area (Å²) >= 11 is 0. The van der Waals surface area contributed by atoms with Crippen LogP contribution in [0.1, 0.15) is 99.1 Å². The number of anilines is 1. The Labute approximate surface area is 350 Å². The zero-order valence-electron chi connectivity index (χ0n) is 37.1. The quantitative estimate of drug-likeness (QED) is 0.125. The van der Waals surface area contributed by atoms with Crippen LogP contribution in [-0.2, 0) is 38.1 Å². The summed E-state index contributed by atoms with van der Waals surface area (Å²) in [6, 6.07) is 7.03. The second-order valence-corrected chi connectivity index (χ2v) is 18.2. The molecule has 0 saturated carbocycles. The number of amides is 1. The van der Waals surface area contributed by atoms with Crippen molar-refractivity contribution >= 4 is 29.3 Å². The summed E-state index contributed by atoms with van der Waals surface area (Å²) in [4.78, 5) is 62.8. The highest BCUT2D eigenvalue weighted by molar-refractivity contribution is 6.00. The Morgan fingerprint density at radius 1 is 1.02 bits per heavy atom. The maximum absolute atomic E-state index is 14.7. The van der Waals surface area contributed by atoms with Crippen molar-refractivity contribution in [2.45, 2.75) is 148 Å². The predicted molar refractivity (Wildman–Crippen MR) is 222 cm³/mol. The summed E-state index contributed by atoms with van der Waals surface area (Å²) in [7, 11) is 5.25. The number of ketones is 2. The number of esters is 1. The number of aliphatic hydroxyl groups is 1. The van der Waals surface area contributed by atoms with Crippen molar-refractivity contribution < 1.29 is 48.0 Å². The SMILES string of the molecule is CC[C@H]1OC(=O)[C@H](C)C(=O)[C@H](C)[C@@H](O[C@@H]2O[C@H](C)C[C@H](N(C)C)[C@H]2O)[C@](C)(OC)C[C@@H](C)C(=O)[C@H](C)[C@H]2N(CCCCN3CNC(c4cccc(N)c4)C3)C(=O)O[C@]12C. The van der Waals surface area contributed by atoms with Crippen molar-refractivity contribution in [3.63, 3.8) is 0 Å². The average Bonchev–Trinajstić information content (AvgIpc) is 3.77. The highest BCUT2D eigenvalue weighted by atomic mass is 16.7. The number of nitrogen functional groups attached to an aromatic ring is 1. The van der Waals surface area contributed by atoms with Crippen LogP contribution >= 0.6 is 0 Å². The minimum absolute atomic E-state index is 0.136. The van der Waals surface area contributed by atoms with Gasteiger partial charge in [-0.3, -0.25) is 24.6 Å². The van der Waals surface area contributed by atoms with E-state index in [1.54, 1.807) is 25.7 Å². The van der Waals surface area contributed by atoms with Gasteiger partial charge in [0.25, 0.3) is 0 Å². The molecule has 332 valence electrons. The number of benzene rings is 1. The number of aliphatic hydroxyl groups excluding tert-OH is 1. The van der Waals surface area contributed by atoms with Crippen LogP contribution in [0.2, 0.25) is 0 Å². The molecule has 5 rings (SSSR count). The molecule has 4 N–H and O–H groups in total. The van der Waals surface area contributed by atoms with E-state index >= 15 is 0 Å². The van der Waals surface area contributed by atoms with E-state index in [9.17, 15) is 24.3 Å². The maximum atomic E-state index is 14.7. The number of carbonyl (C=O) groups is 4. The van der Waals surface area contributed by atoms with Crippen LogP contribution < -0.4 is 11.1 Å². The molecule has 4 saturated heterocycles. The van der Waals surface area contributed by atoms with E-state index in [0.717, 1.165) is 37.4 Å². The minimum atomic E-state index is -1.39. The van der Waals surface area contributed by atoms with Crippen LogP contribution in [0.3, 0.4) is 0 Å². The van der Waals surface area contributed by atoms with Crippen molar-refractivity contribution in [1.29, 1.82) is 0 Å². The van der Waals surface area contributed by atoms with Crippen LogP contribution in [0, 0.1) is 23.7 Å². The van der Waals surface area contributed by atoms with Gasteiger partial charge in [-0.05, 0) is 98.1 Å². The molecule has 1 amide bonds. The highest BCUT2D eigenvalue weighted by Gasteiger charge is 2.60. The van der Waals surface area contributed by atoms with E-state index in [0.29, 0.717) is 19.4 Å². The minimum Gasteiger partial charge on any atom is -0.458 e. The normalized spacial score (nSPS) is 39.2. The number of carbonyl (C=O) groups excluding carboxylic acids is 4. The second kappa shape index (κ2) is 19.3. The third-order valence-corrected chi connectivity index (χ3v) is 13.6. The first-order valence-corrected chi connectivity index (χ1v) is 21.5. The molecule has 4 aliphatic heterocycles. The molecule has 1 aromatic carbocycles. The lowest BCUT2D eigenvalue weighted by Gasteiger charge is -2.47. The summed E-state index contributed by atoms with van der Waals surface area (Å²) in [5, 5.41) is 15.0. The molecule has 15 nitrogen and oxygen atoms in total. The molecule has 4 heterocycles. The number of unbranched alkanes of at least 4 members (excludes halogenated alkanes) is 1. The molecule has 0 aromatic heterocycles. The Kier molecular flexibility index (Phi) is 15.3. The molecular weight excluding hydrogens is 759 g/mol. The summed E-state index contributed by atoms with van der Waals surface area (Å²) in [5.74, 6) is -4.89. The van der Waals surface area contributed by atoms with Crippen LogP contribution in [0.4, 0.5) is 10.5 Å². The lowest BCUT2D eigenvalue weighted by Crippen LogP contribution is -2.60. The molecule has 15 heteroatoms. The average molecular weight is 830 g/mol. The van der Waals surface area contributed by atoms with Gasteiger partial charge in [-0.2, -0.15) is 0 Å². The van der Waals surface area contributed by atoms with Crippen molar-refractivity contribution in [2.24, 2.45) is 23.7 Å². The molecule has 0 radical (unpaired) electrons. The third-order valence-electron chi connectivity index (χ3n) is 13.6. The molecule has 59 heavy (non-hydrogen) atoms. The number of nitrogens with one attached hydrogen (secondary N) is 1. The Hall–Kier alpha value is -3.18. The van der Waals surface area contributed by atoms with Crippen LogP contribution in [-0.4, -0.2) is 145 Å². The number of nitrogens with two attached hydrogens (primary N) is 1. The van der Waals surface area contributed by atoms with Crippen molar-refractivity contribution in [3.05, 3.63) is 29.8 Å². The first-order valence-electron chi connectivity index (χ1n) is 21.5. The van der Waals surface area contributed by atoms with E-state index in [2.05, 4.69) is 16.3 Å². The highest BCUT2D eigenvalue weighted by Crippen LogP contribution is 2.43. The number of Topliss-reactive ketones (excluding diaryl/α,β-unsaturated/α-hetero) is 2. The largest absolute Gasteiger partial charge is 0.458 e. The van der Waals surface area contributed by atoms with Gasteiger partial charge in [-0.25, -0.2) is 4.79 Å². The van der Waals surface area contributed by atoms with Gasteiger partial charge in [0.05, 0.1) is 23.9 Å². The Bertz CT molecular complexity index is 1650. The van der Waals surface area contributed by atoms with E-state index < -0.39 is 83.4 Å². The number of hydrogen-bond acceptors (Lipinski definition) is 14. The van der Waals surface area contributed by atoms with E-state index in [1.165, 1.54) is 14.0 Å². The molecule has 1 unspecified atom stereocenters. The van der Waals surface area contributed by atoms with E-state index in [1.807, 2.05) is 64.9 Å². The lowest BCUT2D eigenvalue weighted by molar-refractivity contribution is -0.295. The number of nitrogens with zero attached hydrogens (tertiary/aromatic N) is 3. The third kappa shape index (κ3) is 9.98. The number of likely N-dealkylation sites (N-methyl/N-ethyl adjacent to an activating group) is 1. The fraction of sp³-hybridized carbons (Fsp3) is 0.773. The number of cyclic esters (lactones) is 1. The number of methoxy groups -OCH3 is 1. The van der Waals surface area contributed by atoms with Gasteiger partial charge in [0, 0.05) is 62.4 Å². The molecule has 0 aliphatic carbocycles. The second-order valence-electron chi connectivity index (χ2n) is 18.2. The Morgan fingerprint density at radius 3 is 2.36 bits per heavy atom. The van der Waals surface area contributed by atoms with Gasteiger partial charge in [0.15, 0.2) is 17.7 Å². The smallest absolute Gasteiger partial charge is 0.410 e. The fourth-order valence-corrected chi connectivity index (χ4v) is 10.1. The number of ether oxygens (including phenoxy) is 5. The first-order chi connectivity index (χ1) is 27.8. The van der Waals surface area contributed by atoms with Gasteiger partial charge in [-0.15, -0.1) is 0 Å². The standard InChI is InChI=1S/C44H71N5O10/c1-12-34-44(8)38(49(42(54)59-44)19-14-13-18-48-23-32(46-24-48)30-16-15-17-31(45)21-30)27(4)35(50)25(2)22-43(7,55-11)39(28(5)36(51)29(6)40(53)57-34)58-41-37(52)33(47(9)10)20-26(3)56-41/h15-17,21,25-29,32-34,37-39,41,46,52H,12-14,18-20,22-24,45H2,1-11H3/t25-,26-,27+,28+,29-,32?,33+,34-,37-,38-,39-,41+,43-,44-/m1/s1. The molecule has 1 aromatic rings. The molecule has 4 fully saturated rings. The number of fused-ring (bicyclic) bond motifs is 1.